The van der Waals surface area contributed by atoms with Gasteiger partial charge >= 0.3 is 0 Å². The lowest BCUT2D eigenvalue weighted by atomic mass is 10.0. The topological polar surface area (TPSA) is 110 Å². The molecule has 18 heavy (non-hydrogen) atoms. The quantitative estimate of drug-likeness (QED) is 0.285. The lowest BCUT2D eigenvalue weighted by Gasteiger charge is -2.18. The molecular formula is C10H13ClN2O4S. The Kier molecular flexibility index (Phi) is 5.21. The molecule has 0 bridgehead atoms. The van der Waals surface area contributed by atoms with Crippen LogP contribution in [0.5, 0.6) is 0 Å². The van der Waals surface area contributed by atoms with E-state index in [1.165, 1.54) is 6.07 Å². The summed E-state index contributed by atoms with van der Waals surface area (Å²) in [5.41, 5.74) is 5.07. The van der Waals surface area contributed by atoms with Crippen molar-refractivity contribution in [1.29, 1.82) is 0 Å². The molecule has 0 radical (unpaired) electrons. The summed E-state index contributed by atoms with van der Waals surface area (Å²) in [6.45, 7) is 0. The van der Waals surface area contributed by atoms with Gasteiger partial charge in [0.2, 0.25) is 0 Å². The van der Waals surface area contributed by atoms with Gasteiger partial charge in [-0.25, -0.2) is 0 Å². The summed E-state index contributed by atoms with van der Waals surface area (Å²) in [5.74, 6) is 0.368. The van der Waals surface area contributed by atoms with Crippen LogP contribution in [0.15, 0.2) is 12.1 Å². The van der Waals surface area contributed by atoms with Crippen LogP contribution in [0, 0.1) is 10.1 Å². The number of nitro groups is 1. The highest BCUT2D eigenvalue weighted by molar-refractivity contribution is 7.80. The fraction of sp³-hybridized carbons (Fsp3) is 0.400. The molecule has 1 aromatic rings. The first kappa shape index (κ1) is 15.0. The summed E-state index contributed by atoms with van der Waals surface area (Å²) in [5, 5.41) is 30.3. The lowest BCUT2D eigenvalue weighted by Crippen LogP contribution is -2.19. The normalized spacial score (nSPS) is 14.2. The average molecular weight is 293 g/mol. The SMILES string of the molecule is Nc1cc(Cl)c(C(O)C(O)CCS)cc1[N+](=O)[O-]. The van der Waals surface area contributed by atoms with Gasteiger partial charge in [-0.3, -0.25) is 10.1 Å². The highest BCUT2D eigenvalue weighted by Crippen LogP contribution is 2.34. The molecule has 0 aliphatic rings. The van der Waals surface area contributed by atoms with E-state index in [1.807, 2.05) is 0 Å². The van der Waals surface area contributed by atoms with Crippen molar-refractivity contribution in [2.45, 2.75) is 18.6 Å². The molecule has 6 nitrogen and oxygen atoms in total. The second-order valence-electron chi connectivity index (χ2n) is 3.71. The third kappa shape index (κ3) is 3.26. The summed E-state index contributed by atoms with van der Waals surface area (Å²) in [4.78, 5) is 10.1. The number of halogens is 1. The summed E-state index contributed by atoms with van der Waals surface area (Å²) in [7, 11) is 0. The average Bonchev–Trinajstić information content (AvgIpc) is 2.28. The van der Waals surface area contributed by atoms with Crippen molar-refractivity contribution in [2.75, 3.05) is 11.5 Å². The number of hydrogen-bond acceptors (Lipinski definition) is 6. The largest absolute Gasteiger partial charge is 0.393 e. The Balaban J connectivity index is 3.15. The molecule has 8 heteroatoms. The zero-order chi connectivity index (χ0) is 13.9. The minimum absolute atomic E-state index is 0.0730. The standard InChI is InChI=1S/C10H13ClN2O4S/c11-6-4-7(12)8(13(16)17)3-5(6)10(15)9(14)1-2-18/h3-4,9-10,14-15,18H,1-2,12H2. The molecule has 1 aromatic carbocycles. The molecule has 4 N–H and O–H groups in total. The Hall–Kier alpha value is -1.02. The molecule has 0 spiro atoms. The van der Waals surface area contributed by atoms with E-state index in [0.29, 0.717) is 5.75 Å². The highest BCUT2D eigenvalue weighted by Gasteiger charge is 2.24. The van der Waals surface area contributed by atoms with Crippen LogP contribution in [0.2, 0.25) is 5.02 Å². The number of benzene rings is 1. The molecule has 0 amide bonds. The summed E-state index contributed by atoms with van der Waals surface area (Å²) >= 11 is 9.78. The number of aliphatic hydroxyl groups excluding tert-OH is 2. The number of rotatable bonds is 5. The Bertz CT molecular complexity index is 458. The number of nitrogens with zero attached hydrogens (tertiary/aromatic N) is 1. The molecule has 100 valence electrons. The summed E-state index contributed by atoms with van der Waals surface area (Å²) in [6.07, 6.45) is -2.18. The molecule has 0 fully saturated rings. The second-order valence-corrected chi connectivity index (χ2v) is 4.57. The minimum Gasteiger partial charge on any atom is -0.393 e. The smallest absolute Gasteiger partial charge is 0.292 e. The first-order valence-corrected chi connectivity index (χ1v) is 6.09. The maximum Gasteiger partial charge on any atom is 0.292 e. The number of nitrogen functional groups attached to an aromatic ring is 1. The first-order valence-electron chi connectivity index (χ1n) is 5.08. The van der Waals surface area contributed by atoms with Crippen LogP contribution in [0.4, 0.5) is 11.4 Å². The minimum atomic E-state index is -1.32. The van der Waals surface area contributed by atoms with Crippen molar-refractivity contribution < 1.29 is 15.1 Å². The van der Waals surface area contributed by atoms with E-state index in [0.717, 1.165) is 6.07 Å². The number of anilines is 1. The van der Waals surface area contributed by atoms with Gasteiger partial charge in [0.25, 0.3) is 5.69 Å². The van der Waals surface area contributed by atoms with E-state index < -0.39 is 17.1 Å². The zero-order valence-corrected chi connectivity index (χ0v) is 10.9. The summed E-state index contributed by atoms with van der Waals surface area (Å²) in [6, 6.07) is 2.26. The molecule has 1 rings (SSSR count). The molecule has 0 heterocycles. The predicted molar refractivity (Wildman–Crippen MR) is 72.0 cm³/mol. The van der Waals surface area contributed by atoms with Gasteiger partial charge in [0.1, 0.15) is 11.8 Å². The molecule has 0 aliphatic carbocycles. The number of aliphatic hydroxyl groups is 2. The fourth-order valence-electron chi connectivity index (χ4n) is 1.48. The third-order valence-electron chi connectivity index (χ3n) is 2.45. The molecular weight excluding hydrogens is 280 g/mol. The van der Waals surface area contributed by atoms with Crippen molar-refractivity contribution in [3.05, 3.63) is 32.8 Å². The van der Waals surface area contributed by atoms with Crippen LogP contribution in [0.1, 0.15) is 18.1 Å². The van der Waals surface area contributed by atoms with Crippen LogP contribution in [0.3, 0.4) is 0 Å². The van der Waals surface area contributed by atoms with Gasteiger partial charge in [-0.1, -0.05) is 11.6 Å². The highest BCUT2D eigenvalue weighted by atomic mass is 35.5. The molecule has 0 aromatic heterocycles. The van der Waals surface area contributed by atoms with Crippen LogP contribution < -0.4 is 5.73 Å². The van der Waals surface area contributed by atoms with Crippen molar-refractivity contribution in [3.8, 4) is 0 Å². The monoisotopic (exact) mass is 292 g/mol. The number of nitro benzene ring substituents is 1. The molecule has 0 saturated carbocycles. The molecule has 2 unspecified atom stereocenters. The van der Waals surface area contributed by atoms with E-state index in [9.17, 15) is 20.3 Å². The van der Waals surface area contributed by atoms with Gasteiger partial charge in [0, 0.05) is 16.7 Å². The van der Waals surface area contributed by atoms with Crippen LogP contribution in [0.25, 0.3) is 0 Å². The van der Waals surface area contributed by atoms with Gasteiger partial charge in [0.15, 0.2) is 0 Å². The zero-order valence-electron chi connectivity index (χ0n) is 9.28. The van der Waals surface area contributed by atoms with Gasteiger partial charge in [0.05, 0.1) is 11.0 Å². The number of nitrogens with two attached hydrogens (primary N) is 1. The van der Waals surface area contributed by atoms with Crippen LogP contribution in [-0.2, 0) is 0 Å². The Morgan fingerprint density at radius 1 is 1.50 bits per heavy atom. The van der Waals surface area contributed by atoms with Gasteiger partial charge in [-0.05, 0) is 18.2 Å². The van der Waals surface area contributed by atoms with Crippen LogP contribution >= 0.6 is 24.2 Å². The fourth-order valence-corrected chi connectivity index (χ4v) is 2.02. The second kappa shape index (κ2) is 6.24. The molecule has 0 aliphatic heterocycles. The lowest BCUT2D eigenvalue weighted by molar-refractivity contribution is -0.384. The molecule has 0 saturated heterocycles. The Morgan fingerprint density at radius 3 is 2.61 bits per heavy atom. The number of thiol groups is 1. The van der Waals surface area contributed by atoms with Gasteiger partial charge in [-0.15, -0.1) is 0 Å². The van der Waals surface area contributed by atoms with Crippen LogP contribution in [-0.4, -0.2) is 27.0 Å². The van der Waals surface area contributed by atoms with Crippen molar-refractivity contribution in [2.24, 2.45) is 0 Å². The van der Waals surface area contributed by atoms with Crippen molar-refractivity contribution in [1.82, 2.24) is 0 Å². The van der Waals surface area contributed by atoms with E-state index in [2.05, 4.69) is 12.6 Å². The van der Waals surface area contributed by atoms with Crippen molar-refractivity contribution >= 4 is 35.6 Å². The van der Waals surface area contributed by atoms with E-state index >= 15 is 0 Å². The van der Waals surface area contributed by atoms with E-state index in [1.54, 1.807) is 0 Å². The maximum atomic E-state index is 10.7. The van der Waals surface area contributed by atoms with E-state index in [-0.39, 0.29) is 28.4 Å². The maximum absolute atomic E-state index is 10.7. The Labute approximate surface area is 114 Å². The third-order valence-corrected chi connectivity index (χ3v) is 3.04. The van der Waals surface area contributed by atoms with E-state index in [4.69, 9.17) is 17.3 Å². The van der Waals surface area contributed by atoms with Crippen molar-refractivity contribution in [3.63, 3.8) is 0 Å². The number of hydrogen-bond donors (Lipinski definition) is 4. The molecule has 2 atom stereocenters. The van der Waals surface area contributed by atoms with Gasteiger partial charge in [-0.2, -0.15) is 12.6 Å². The first-order chi connectivity index (χ1) is 8.38. The van der Waals surface area contributed by atoms with Gasteiger partial charge < -0.3 is 15.9 Å². The Morgan fingerprint density at radius 2 is 2.11 bits per heavy atom. The predicted octanol–water partition coefficient (Wildman–Crippen LogP) is 1.54. The summed E-state index contributed by atoms with van der Waals surface area (Å²) < 4.78 is 0.